The molecule has 0 saturated carbocycles. The molecule has 21 heavy (non-hydrogen) atoms. The highest BCUT2D eigenvalue weighted by molar-refractivity contribution is 5.15. The van der Waals surface area contributed by atoms with E-state index in [1.54, 1.807) is 0 Å². The van der Waals surface area contributed by atoms with Crippen LogP contribution in [0.3, 0.4) is 0 Å². The third-order valence-corrected chi connectivity index (χ3v) is 3.91. The molecule has 0 aliphatic heterocycles. The molecule has 1 aromatic heterocycles. The van der Waals surface area contributed by atoms with Crippen molar-refractivity contribution in [2.24, 2.45) is 0 Å². The van der Waals surface area contributed by atoms with Gasteiger partial charge in [0.2, 0.25) is 0 Å². The average Bonchev–Trinajstić information content (AvgIpc) is 2.90. The van der Waals surface area contributed by atoms with Crippen LogP contribution < -0.4 is 0 Å². The molecule has 2 heteroatoms. The van der Waals surface area contributed by atoms with Crippen molar-refractivity contribution in [1.29, 1.82) is 0 Å². The number of hydrogen-bond donors (Lipinski definition) is 0. The van der Waals surface area contributed by atoms with Gasteiger partial charge in [-0.1, -0.05) is 43.7 Å². The van der Waals surface area contributed by atoms with E-state index in [-0.39, 0.29) is 0 Å². The van der Waals surface area contributed by atoms with E-state index in [0.29, 0.717) is 6.04 Å². The number of rotatable bonds is 8. The number of aryl methyl sites for hydroxylation is 3. The van der Waals surface area contributed by atoms with E-state index >= 15 is 0 Å². The molecule has 0 bridgehead atoms. The summed E-state index contributed by atoms with van der Waals surface area (Å²) < 4.78 is 2.35. The Morgan fingerprint density at radius 2 is 1.76 bits per heavy atom. The maximum absolute atomic E-state index is 4.86. The molecular formula is C19H28N2. The molecule has 0 aliphatic rings. The van der Waals surface area contributed by atoms with Crippen molar-refractivity contribution in [1.82, 2.24) is 9.55 Å². The quantitative estimate of drug-likeness (QED) is 0.668. The standard InChI is InChI=1S/C19H28N2/c1-4-5-14-19-20-18(15-21(19)16(2)3)13-9-12-17-10-7-6-8-11-17/h6-8,10-11,15-16H,4-5,9,12-14H2,1-3H3. The van der Waals surface area contributed by atoms with E-state index in [9.17, 15) is 0 Å². The van der Waals surface area contributed by atoms with Crippen LogP contribution in [-0.2, 0) is 19.3 Å². The van der Waals surface area contributed by atoms with Crippen LogP contribution in [0.4, 0.5) is 0 Å². The molecule has 0 amide bonds. The van der Waals surface area contributed by atoms with Crippen LogP contribution in [0, 0.1) is 0 Å². The fraction of sp³-hybridized carbons (Fsp3) is 0.526. The molecule has 0 N–H and O–H groups in total. The predicted molar refractivity (Wildman–Crippen MR) is 89.7 cm³/mol. The third-order valence-electron chi connectivity index (χ3n) is 3.91. The van der Waals surface area contributed by atoms with E-state index in [1.807, 2.05) is 0 Å². The van der Waals surface area contributed by atoms with Gasteiger partial charge in [0.15, 0.2) is 0 Å². The minimum Gasteiger partial charge on any atom is -0.332 e. The Hall–Kier alpha value is -1.57. The SMILES string of the molecule is CCCCc1nc(CCCc2ccccc2)cn1C(C)C. The van der Waals surface area contributed by atoms with Gasteiger partial charge in [-0.15, -0.1) is 0 Å². The summed E-state index contributed by atoms with van der Waals surface area (Å²) in [4.78, 5) is 4.86. The van der Waals surface area contributed by atoms with Crippen molar-refractivity contribution < 1.29 is 0 Å². The molecule has 0 spiro atoms. The summed E-state index contributed by atoms with van der Waals surface area (Å²) in [5.74, 6) is 1.27. The Balaban J connectivity index is 1.93. The highest BCUT2D eigenvalue weighted by atomic mass is 15.1. The van der Waals surface area contributed by atoms with Crippen molar-refractivity contribution in [2.45, 2.75) is 65.3 Å². The second-order valence-electron chi connectivity index (χ2n) is 6.09. The lowest BCUT2D eigenvalue weighted by Gasteiger charge is -2.10. The normalized spacial score (nSPS) is 11.2. The zero-order valence-electron chi connectivity index (χ0n) is 13.7. The highest BCUT2D eigenvalue weighted by Crippen LogP contribution is 2.15. The molecule has 0 saturated heterocycles. The Labute approximate surface area is 129 Å². The van der Waals surface area contributed by atoms with Crippen molar-refractivity contribution in [3.8, 4) is 0 Å². The van der Waals surface area contributed by atoms with E-state index in [0.717, 1.165) is 19.3 Å². The summed E-state index contributed by atoms with van der Waals surface area (Å²) in [6, 6.07) is 11.2. The molecule has 0 aliphatic carbocycles. The van der Waals surface area contributed by atoms with Crippen LogP contribution >= 0.6 is 0 Å². The Morgan fingerprint density at radius 3 is 2.43 bits per heavy atom. The minimum atomic E-state index is 0.507. The van der Waals surface area contributed by atoms with Gasteiger partial charge < -0.3 is 4.57 Å². The Morgan fingerprint density at radius 1 is 1.00 bits per heavy atom. The molecule has 114 valence electrons. The Kier molecular flexibility index (Phi) is 6.04. The monoisotopic (exact) mass is 284 g/mol. The fourth-order valence-corrected chi connectivity index (χ4v) is 2.69. The summed E-state index contributed by atoms with van der Waals surface area (Å²) in [6.07, 6.45) is 9.22. The van der Waals surface area contributed by atoms with Crippen LogP contribution in [-0.4, -0.2) is 9.55 Å². The molecule has 1 aromatic carbocycles. The minimum absolute atomic E-state index is 0.507. The summed E-state index contributed by atoms with van der Waals surface area (Å²) in [6.45, 7) is 6.72. The zero-order chi connectivity index (χ0) is 15.1. The molecule has 2 rings (SSSR count). The summed E-state index contributed by atoms with van der Waals surface area (Å²) in [7, 11) is 0. The smallest absolute Gasteiger partial charge is 0.109 e. The molecule has 1 heterocycles. The molecule has 2 aromatic rings. The second-order valence-corrected chi connectivity index (χ2v) is 6.09. The lowest BCUT2D eigenvalue weighted by molar-refractivity contribution is 0.559. The van der Waals surface area contributed by atoms with Crippen LogP contribution in [0.2, 0.25) is 0 Å². The van der Waals surface area contributed by atoms with Crippen molar-refractivity contribution in [2.75, 3.05) is 0 Å². The van der Waals surface area contributed by atoms with Gasteiger partial charge in [-0.25, -0.2) is 4.98 Å². The third kappa shape index (κ3) is 4.73. The van der Waals surface area contributed by atoms with Gasteiger partial charge in [0.1, 0.15) is 5.82 Å². The van der Waals surface area contributed by atoms with Gasteiger partial charge in [-0.2, -0.15) is 0 Å². The van der Waals surface area contributed by atoms with E-state index in [4.69, 9.17) is 4.98 Å². The first-order valence-electron chi connectivity index (χ1n) is 8.31. The van der Waals surface area contributed by atoms with E-state index < -0.39 is 0 Å². The topological polar surface area (TPSA) is 17.8 Å². The van der Waals surface area contributed by atoms with Crippen LogP contribution in [0.25, 0.3) is 0 Å². The maximum Gasteiger partial charge on any atom is 0.109 e. The van der Waals surface area contributed by atoms with Crippen molar-refractivity contribution in [3.05, 3.63) is 53.6 Å². The molecule has 2 nitrogen and oxygen atoms in total. The maximum atomic E-state index is 4.86. The van der Waals surface area contributed by atoms with Crippen molar-refractivity contribution >= 4 is 0 Å². The summed E-state index contributed by atoms with van der Waals surface area (Å²) in [5.41, 5.74) is 2.68. The number of imidazole rings is 1. The first-order valence-corrected chi connectivity index (χ1v) is 8.31. The van der Waals surface area contributed by atoms with Crippen LogP contribution in [0.5, 0.6) is 0 Å². The van der Waals surface area contributed by atoms with Gasteiger partial charge in [0.05, 0.1) is 5.69 Å². The van der Waals surface area contributed by atoms with Crippen molar-refractivity contribution in [3.63, 3.8) is 0 Å². The number of hydrogen-bond acceptors (Lipinski definition) is 1. The van der Waals surface area contributed by atoms with Crippen LogP contribution in [0.1, 0.15) is 63.2 Å². The molecule has 0 atom stereocenters. The number of nitrogens with zero attached hydrogens (tertiary/aromatic N) is 2. The van der Waals surface area contributed by atoms with Crippen LogP contribution in [0.15, 0.2) is 36.5 Å². The van der Waals surface area contributed by atoms with Gasteiger partial charge in [-0.3, -0.25) is 0 Å². The second kappa shape index (κ2) is 8.02. The first-order chi connectivity index (χ1) is 10.2. The molecule has 0 fully saturated rings. The lowest BCUT2D eigenvalue weighted by Crippen LogP contribution is -2.05. The lowest BCUT2D eigenvalue weighted by atomic mass is 10.1. The molecular weight excluding hydrogens is 256 g/mol. The van der Waals surface area contributed by atoms with Gasteiger partial charge in [-0.05, 0) is 45.1 Å². The fourth-order valence-electron chi connectivity index (χ4n) is 2.69. The van der Waals surface area contributed by atoms with Gasteiger partial charge in [0.25, 0.3) is 0 Å². The highest BCUT2D eigenvalue weighted by Gasteiger charge is 2.10. The number of unbranched alkanes of at least 4 members (excludes halogenated alkanes) is 1. The van der Waals surface area contributed by atoms with E-state index in [1.165, 1.54) is 36.3 Å². The summed E-state index contributed by atoms with van der Waals surface area (Å²) in [5, 5.41) is 0. The van der Waals surface area contributed by atoms with Gasteiger partial charge in [0, 0.05) is 18.7 Å². The predicted octanol–water partition coefficient (Wildman–Crippen LogP) is 4.98. The Bertz CT molecular complexity index is 526. The van der Waals surface area contributed by atoms with E-state index in [2.05, 4.69) is 61.9 Å². The number of benzene rings is 1. The molecule has 0 unspecified atom stereocenters. The first kappa shape index (κ1) is 15.8. The summed E-state index contributed by atoms with van der Waals surface area (Å²) >= 11 is 0. The average molecular weight is 284 g/mol. The number of aromatic nitrogens is 2. The largest absolute Gasteiger partial charge is 0.332 e. The zero-order valence-corrected chi connectivity index (χ0v) is 13.7. The molecule has 0 radical (unpaired) electrons. The van der Waals surface area contributed by atoms with Gasteiger partial charge >= 0.3 is 0 Å².